The summed E-state index contributed by atoms with van der Waals surface area (Å²) in [5.74, 6) is -0.0960. The van der Waals surface area contributed by atoms with Crippen molar-refractivity contribution in [1.82, 2.24) is 5.32 Å². The third kappa shape index (κ3) is 2.10. The highest BCUT2D eigenvalue weighted by Crippen LogP contribution is 2.13. The lowest BCUT2D eigenvalue weighted by Gasteiger charge is -2.09. The van der Waals surface area contributed by atoms with Crippen molar-refractivity contribution in [3.63, 3.8) is 0 Å². The van der Waals surface area contributed by atoms with Crippen LogP contribution in [0.1, 0.15) is 18.4 Å². The summed E-state index contributed by atoms with van der Waals surface area (Å²) >= 11 is 0. The highest BCUT2D eigenvalue weighted by molar-refractivity contribution is 5.78. The number of benzene rings is 1. The average molecular weight is 193 g/mol. The van der Waals surface area contributed by atoms with Gasteiger partial charge in [0.15, 0.2) is 0 Å². The second kappa shape index (κ2) is 3.78. The molecule has 3 heteroatoms. The predicted molar refractivity (Wildman–Crippen MR) is 51.3 cm³/mol. The standard InChI is InChI=1S/C11H12FNO/c12-9-3-1-8(2-4-9)7-10-5-6-11(14)13-10/h1-4,10H,5-7H2,(H,13,14). The number of carbonyl (C=O) groups is 1. The molecule has 1 aliphatic rings. The van der Waals surface area contributed by atoms with Crippen LogP contribution in [-0.4, -0.2) is 11.9 Å². The largest absolute Gasteiger partial charge is 0.353 e. The lowest BCUT2D eigenvalue weighted by Crippen LogP contribution is -2.27. The smallest absolute Gasteiger partial charge is 0.220 e. The number of halogens is 1. The van der Waals surface area contributed by atoms with Crippen LogP contribution < -0.4 is 5.32 Å². The summed E-state index contributed by atoms with van der Waals surface area (Å²) in [6.07, 6.45) is 2.30. The van der Waals surface area contributed by atoms with Crippen molar-refractivity contribution >= 4 is 5.91 Å². The molecule has 1 saturated heterocycles. The SMILES string of the molecule is O=C1CCC(Cc2ccc(F)cc2)N1. The summed E-state index contributed by atoms with van der Waals surface area (Å²) in [5.41, 5.74) is 1.07. The number of nitrogens with one attached hydrogen (secondary N) is 1. The van der Waals surface area contributed by atoms with Crippen molar-refractivity contribution in [3.8, 4) is 0 Å². The highest BCUT2D eigenvalue weighted by atomic mass is 19.1. The molecule has 14 heavy (non-hydrogen) atoms. The molecule has 1 heterocycles. The third-order valence-electron chi connectivity index (χ3n) is 2.48. The fraction of sp³-hybridized carbons (Fsp3) is 0.364. The van der Waals surface area contributed by atoms with Crippen LogP contribution in [0.5, 0.6) is 0 Å². The topological polar surface area (TPSA) is 29.1 Å². The van der Waals surface area contributed by atoms with Gasteiger partial charge in [-0.3, -0.25) is 4.79 Å². The van der Waals surface area contributed by atoms with Gasteiger partial charge in [0.25, 0.3) is 0 Å². The van der Waals surface area contributed by atoms with E-state index in [0.717, 1.165) is 18.4 Å². The van der Waals surface area contributed by atoms with Gasteiger partial charge in [-0.1, -0.05) is 12.1 Å². The number of rotatable bonds is 2. The van der Waals surface area contributed by atoms with Crippen LogP contribution in [0.4, 0.5) is 4.39 Å². The number of hydrogen-bond donors (Lipinski definition) is 1. The zero-order valence-corrected chi connectivity index (χ0v) is 7.79. The minimum atomic E-state index is -0.218. The van der Waals surface area contributed by atoms with E-state index in [4.69, 9.17) is 0 Å². The Balaban J connectivity index is 1.97. The molecule has 2 nitrogen and oxygen atoms in total. The molecule has 74 valence electrons. The maximum Gasteiger partial charge on any atom is 0.220 e. The van der Waals surface area contributed by atoms with Crippen molar-refractivity contribution in [2.24, 2.45) is 0 Å². The van der Waals surface area contributed by atoms with Crippen LogP contribution >= 0.6 is 0 Å². The first-order valence-corrected chi connectivity index (χ1v) is 4.78. The van der Waals surface area contributed by atoms with Gasteiger partial charge < -0.3 is 5.32 Å². The molecule has 1 aliphatic heterocycles. The van der Waals surface area contributed by atoms with Gasteiger partial charge in [0, 0.05) is 12.5 Å². The number of carbonyl (C=O) groups excluding carboxylic acids is 1. The average Bonchev–Trinajstić information content (AvgIpc) is 2.56. The highest BCUT2D eigenvalue weighted by Gasteiger charge is 2.20. The van der Waals surface area contributed by atoms with Crippen molar-refractivity contribution in [2.75, 3.05) is 0 Å². The number of hydrogen-bond acceptors (Lipinski definition) is 1. The molecule has 2 rings (SSSR count). The van der Waals surface area contributed by atoms with Crippen molar-refractivity contribution in [1.29, 1.82) is 0 Å². The zero-order valence-electron chi connectivity index (χ0n) is 7.79. The Labute approximate surface area is 82.1 Å². The summed E-state index contributed by atoms with van der Waals surface area (Å²) < 4.78 is 12.6. The molecule has 1 N–H and O–H groups in total. The second-order valence-corrected chi connectivity index (χ2v) is 3.63. The maximum absolute atomic E-state index is 12.6. The molecule has 0 aromatic heterocycles. The summed E-state index contributed by atoms with van der Waals surface area (Å²) in [5, 5.41) is 2.88. The molecule has 0 radical (unpaired) electrons. The molecule has 1 fully saturated rings. The maximum atomic E-state index is 12.6. The molecular formula is C11H12FNO. The van der Waals surface area contributed by atoms with Gasteiger partial charge in [0.2, 0.25) is 5.91 Å². The van der Waals surface area contributed by atoms with Crippen LogP contribution in [0.2, 0.25) is 0 Å². The van der Waals surface area contributed by atoms with E-state index in [1.54, 1.807) is 12.1 Å². The van der Waals surface area contributed by atoms with E-state index < -0.39 is 0 Å². The Morgan fingerprint density at radius 3 is 2.64 bits per heavy atom. The molecule has 0 saturated carbocycles. The van der Waals surface area contributed by atoms with Gasteiger partial charge in [-0.2, -0.15) is 0 Å². The molecule has 0 aliphatic carbocycles. The molecule has 1 unspecified atom stereocenters. The minimum absolute atomic E-state index is 0.122. The predicted octanol–water partition coefficient (Wildman–Crippen LogP) is 1.65. The first-order valence-electron chi connectivity index (χ1n) is 4.78. The first kappa shape index (κ1) is 9.19. The normalized spacial score (nSPS) is 20.9. The molecular weight excluding hydrogens is 181 g/mol. The van der Waals surface area contributed by atoms with Crippen LogP contribution in [0, 0.1) is 5.82 Å². The Kier molecular flexibility index (Phi) is 2.48. The summed E-state index contributed by atoms with van der Waals surface area (Å²) in [6.45, 7) is 0. The van der Waals surface area contributed by atoms with Gasteiger partial charge >= 0.3 is 0 Å². The van der Waals surface area contributed by atoms with Crippen LogP contribution in [0.15, 0.2) is 24.3 Å². The molecule has 1 amide bonds. The zero-order chi connectivity index (χ0) is 9.97. The van der Waals surface area contributed by atoms with Crippen molar-refractivity contribution in [3.05, 3.63) is 35.6 Å². The lowest BCUT2D eigenvalue weighted by atomic mass is 10.0. The van der Waals surface area contributed by atoms with E-state index in [0.29, 0.717) is 6.42 Å². The second-order valence-electron chi connectivity index (χ2n) is 3.63. The van der Waals surface area contributed by atoms with Crippen molar-refractivity contribution < 1.29 is 9.18 Å². The monoisotopic (exact) mass is 193 g/mol. The van der Waals surface area contributed by atoms with Crippen LogP contribution in [0.25, 0.3) is 0 Å². The third-order valence-corrected chi connectivity index (χ3v) is 2.48. The summed E-state index contributed by atoms with van der Waals surface area (Å²) in [6, 6.07) is 6.66. The van der Waals surface area contributed by atoms with Gasteiger partial charge in [0.05, 0.1) is 0 Å². The Bertz CT molecular complexity index is 334. The van der Waals surface area contributed by atoms with E-state index >= 15 is 0 Å². The van der Waals surface area contributed by atoms with Gasteiger partial charge in [-0.25, -0.2) is 4.39 Å². The Morgan fingerprint density at radius 1 is 1.36 bits per heavy atom. The van der Waals surface area contributed by atoms with Gasteiger partial charge in [-0.05, 0) is 30.5 Å². The quantitative estimate of drug-likeness (QED) is 0.760. The van der Waals surface area contributed by atoms with E-state index in [9.17, 15) is 9.18 Å². The van der Waals surface area contributed by atoms with E-state index in [1.165, 1.54) is 12.1 Å². The Morgan fingerprint density at radius 2 is 2.07 bits per heavy atom. The number of amides is 1. The lowest BCUT2D eigenvalue weighted by molar-refractivity contribution is -0.119. The molecule has 1 aromatic carbocycles. The van der Waals surface area contributed by atoms with Crippen LogP contribution in [-0.2, 0) is 11.2 Å². The van der Waals surface area contributed by atoms with Crippen molar-refractivity contribution in [2.45, 2.75) is 25.3 Å². The fourth-order valence-corrected chi connectivity index (χ4v) is 1.74. The van der Waals surface area contributed by atoms with Crippen LogP contribution in [0.3, 0.4) is 0 Å². The molecule has 1 aromatic rings. The first-order chi connectivity index (χ1) is 6.74. The minimum Gasteiger partial charge on any atom is -0.353 e. The summed E-state index contributed by atoms with van der Waals surface area (Å²) in [4.78, 5) is 10.9. The van der Waals surface area contributed by atoms with E-state index in [-0.39, 0.29) is 17.8 Å². The molecule has 1 atom stereocenters. The summed E-state index contributed by atoms with van der Waals surface area (Å²) in [7, 11) is 0. The van der Waals surface area contributed by atoms with Gasteiger partial charge in [0.1, 0.15) is 5.82 Å². The Hall–Kier alpha value is -1.38. The fourth-order valence-electron chi connectivity index (χ4n) is 1.74. The van der Waals surface area contributed by atoms with E-state index in [2.05, 4.69) is 5.32 Å². The molecule has 0 spiro atoms. The molecule has 0 bridgehead atoms. The van der Waals surface area contributed by atoms with E-state index in [1.807, 2.05) is 0 Å². The van der Waals surface area contributed by atoms with Gasteiger partial charge in [-0.15, -0.1) is 0 Å².